The lowest BCUT2D eigenvalue weighted by Gasteiger charge is -2.23. The molecule has 1 aliphatic rings. The van der Waals surface area contributed by atoms with Gasteiger partial charge in [-0.3, -0.25) is 4.57 Å². The number of rotatable bonds is 4. The Labute approximate surface area is 329 Å². The second-order valence-electron chi connectivity index (χ2n) is 15.8. The molecule has 57 heavy (non-hydrogen) atoms. The molecule has 0 saturated carbocycles. The lowest BCUT2D eigenvalue weighted by atomic mass is 9.81. The number of benzene rings is 8. The van der Waals surface area contributed by atoms with Crippen molar-refractivity contribution in [3.05, 3.63) is 193 Å². The highest BCUT2D eigenvalue weighted by molar-refractivity contribution is 6.13. The van der Waals surface area contributed by atoms with Crippen LogP contribution in [-0.4, -0.2) is 19.1 Å². The molecule has 0 N–H and O–H groups in total. The zero-order valence-electron chi connectivity index (χ0n) is 31.6. The normalized spacial score (nSPS) is 13.2. The van der Waals surface area contributed by atoms with Gasteiger partial charge in [0.05, 0.1) is 33.3 Å². The molecule has 8 aromatic carbocycles. The smallest absolute Gasteiger partial charge is 0.235 e. The third-order valence-electron chi connectivity index (χ3n) is 12.3. The van der Waals surface area contributed by atoms with Crippen LogP contribution in [0.3, 0.4) is 0 Å². The van der Waals surface area contributed by atoms with Crippen LogP contribution in [0, 0.1) is 0 Å². The summed E-state index contributed by atoms with van der Waals surface area (Å²) in [5.74, 6) is 0.676. The van der Waals surface area contributed by atoms with Crippen LogP contribution in [0.2, 0.25) is 0 Å². The predicted molar refractivity (Wildman–Crippen MR) is 237 cm³/mol. The summed E-state index contributed by atoms with van der Waals surface area (Å²) in [6.45, 7) is 4.67. The number of hydrogen-bond acceptors (Lipinski definition) is 2. The maximum absolute atomic E-state index is 5.57. The molecule has 0 aliphatic heterocycles. The van der Waals surface area contributed by atoms with Crippen LogP contribution < -0.4 is 0 Å². The van der Waals surface area contributed by atoms with Crippen LogP contribution in [0.5, 0.6) is 0 Å². The van der Waals surface area contributed by atoms with E-state index in [1.54, 1.807) is 0 Å². The zero-order valence-corrected chi connectivity index (χ0v) is 31.6. The molecule has 0 unspecified atom stereocenters. The molecule has 3 heterocycles. The van der Waals surface area contributed by atoms with Gasteiger partial charge in [0.2, 0.25) is 5.95 Å². The molecule has 1 aliphatic carbocycles. The highest BCUT2D eigenvalue weighted by Gasteiger charge is 2.38. The molecule has 0 atom stereocenters. The molecule has 12 rings (SSSR count). The molecule has 4 nitrogen and oxygen atoms in total. The van der Waals surface area contributed by atoms with Gasteiger partial charge in [-0.25, -0.2) is 9.97 Å². The van der Waals surface area contributed by atoms with E-state index in [1.807, 2.05) is 0 Å². The summed E-state index contributed by atoms with van der Waals surface area (Å²) in [6.07, 6.45) is 0. The van der Waals surface area contributed by atoms with Crippen molar-refractivity contribution in [1.29, 1.82) is 0 Å². The minimum Gasteiger partial charge on any atom is -0.309 e. The lowest BCUT2D eigenvalue weighted by Crippen LogP contribution is -2.16. The van der Waals surface area contributed by atoms with Crippen LogP contribution in [0.1, 0.15) is 25.0 Å². The Hall–Kier alpha value is -7.30. The van der Waals surface area contributed by atoms with Crippen LogP contribution in [-0.2, 0) is 5.41 Å². The second-order valence-corrected chi connectivity index (χ2v) is 15.8. The first-order valence-corrected chi connectivity index (χ1v) is 19.7. The maximum atomic E-state index is 5.57. The van der Waals surface area contributed by atoms with E-state index < -0.39 is 0 Å². The fourth-order valence-corrected chi connectivity index (χ4v) is 9.73. The molecule has 4 heteroatoms. The minimum absolute atomic E-state index is 0.227. The SMILES string of the molecule is CC1(C)c2ccccc2-c2ccc3c(-c4ccccc4)nc(-n4c5ccccc5c5cc(-c6ccc7c(c6)c6ccccc6n7-c6ccccc6)ccc54)nc3c21. The van der Waals surface area contributed by atoms with Crippen molar-refractivity contribution in [1.82, 2.24) is 19.1 Å². The van der Waals surface area contributed by atoms with Crippen LogP contribution in [0.4, 0.5) is 0 Å². The quantitative estimate of drug-likeness (QED) is 0.181. The van der Waals surface area contributed by atoms with E-state index in [1.165, 1.54) is 66.0 Å². The first-order valence-electron chi connectivity index (χ1n) is 19.7. The molecular weight excluding hydrogens is 693 g/mol. The van der Waals surface area contributed by atoms with E-state index in [-0.39, 0.29) is 5.41 Å². The van der Waals surface area contributed by atoms with Crippen molar-refractivity contribution in [2.45, 2.75) is 19.3 Å². The van der Waals surface area contributed by atoms with Crippen molar-refractivity contribution >= 4 is 54.5 Å². The largest absolute Gasteiger partial charge is 0.309 e. The van der Waals surface area contributed by atoms with Gasteiger partial charge >= 0.3 is 0 Å². The second kappa shape index (κ2) is 11.8. The van der Waals surface area contributed by atoms with Gasteiger partial charge < -0.3 is 4.57 Å². The van der Waals surface area contributed by atoms with E-state index in [9.17, 15) is 0 Å². The Morgan fingerprint density at radius 3 is 1.67 bits per heavy atom. The Morgan fingerprint density at radius 1 is 0.404 bits per heavy atom. The van der Waals surface area contributed by atoms with Crippen molar-refractivity contribution < 1.29 is 0 Å². The van der Waals surface area contributed by atoms with Crippen molar-refractivity contribution in [2.75, 3.05) is 0 Å². The summed E-state index contributed by atoms with van der Waals surface area (Å²) >= 11 is 0. The standard InChI is InChI=1S/C53H36N4/c1-53(2)44-22-12-9-19-37(44)40-27-28-41-50(33-15-5-3-6-16-33)54-52(55-51(41)49(40)53)57-46-24-14-11-21-39(46)43-32-35(26-30-48(43)57)34-25-29-47-42(31-34)38-20-10-13-23-45(38)56(47)36-17-7-4-8-18-36/h3-32H,1-2H3. The van der Waals surface area contributed by atoms with Crippen molar-refractivity contribution in [2.24, 2.45) is 0 Å². The van der Waals surface area contributed by atoms with Gasteiger partial charge in [-0.05, 0) is 88.0 Å². The topological polar surface area (TPSA) is 35.6 Å². The molecule has 11 aromatic rings. The van der Waals surface area contributed by atoms with E-state index in [0.717, 1.165) is 38.9 Å². The lowest BCUT2D eigenvalue weighted by molar-refractivity contribution is 0.664. The number of para-hydroxylation sites is 3. The summed E-state index contributed by atoms with van der Waals surface area (Å²) in [7, 11) is 0. The predicted octanol–water partition coefficient (Wildman–Crippen LogP) is 13.5. The summed E-state index contributed by atoms with van der Waals surface area (Å²) in [5.41, 5.74) is 16.0. The number of hydrogen-bond donors (Lipinski definition) is 0. The van der Waals surface area contributed by atoms with Gasteiger partial charge in [-0.15, -0.1) is 0 Å². The summed E-state index contributed by atoms with van der Waals surface area (Å²) in [6, 6.07) is 65.7. The van der Waals surface area contributed by atoms with Crippen LogP contribution >= 0.6 is 0 Å². The van der Waals surface area contributed by atoms with Crippen LogP contribution in [0.15, 0.2) is 182 Å². The number of nitrogens with zero attached hydrogens (tertiary/aromatic N) is 4. The fourth-order valence-electron chi connectivity index (χ4n) is 9.73. The zero-order chi connectivity index (χ0) is 37.8. The third-order valence-corrected chi connectivity index (χ3v) is 12.3. The average Bonchev–Trinajstić information content (AvgIpc) is 3.86. The number of fused-ring (bicyclic) bond motifs is 11. The first kappa shape index (κ1) is 32.0. The Kier molecular flexibility index (Phi) is 6.65. The average molecular weight is 729 g/mol. The first-order chi connectivity index (χ1) is 28.0. The summed E-state index contributed by atoms with van der Waals surface area (Å²) in [4.78, 5) is 11.0. The molecule has 0 amide bonds. The molecule has 268 valence electrons. The summed E-state index contributed by atoms with van der Waals surface area (Å²) < 4.78 is 4.64. The van der Waals surface area contributed by atoms with E-state index in [0.29, 0.717) is 5.95 Å². The van der Waals surface area contributed by atoms with Gasteiger partial charge in [0.15, 0.2) is 0 Å². The highest BCUT2D eigenvalue weighted by atomic mass is 15.2. The van der Waals surface area contributed by atoms with Crippen molar-refractivity contribution in [3.8, 4) is 45.1 Å². The minimum atomic E-state index is -0.227. The molecule has 0 radical (unpaired) electrons. The van der Waals surface area contributed by atoms with Gasteiger partial charge in [0.25, 0.3) is 0 Å². The van der Waals surface area contributed by atoms with Gasteiger partial charge in [-0.1, -0.05) is 141 Å². The van der Waals surface area contributed by atoms with Crippen molar-refractivity contribution in [3.63, 3.8) is 0 Å². The Bertz CT molecular complexity index is 3420. The van der Waals surface area contributed by atoms with Gasteiger partial charge in [0, 0.05) is 43.6 Å². The molecule has 0 saturated heterocycles. The fraction of sp³-hybridized carbons (Fsp3) is 0.0566. The monoisotopic (exact) mass is 728 g/mol. The van der Waals surface area contributed by atoms with E-state index >= 15 is 0 Å². The Morgan fingerprint density at radius 2 is 0.965 bits per heavy atom. The molecule has 0 bridgehead atoms. The van der Waals surface area contributed by atoms with Gasteiger partial charge in [0.1, 0.15) is 0 Å². The van der Waals surface area contributed by atoms with E-state index in [4.69, 9.17) is 9.97 Å². The maximum Gasteiger partial charge on any atom is 0.235 e. The molecule has 3 aromatic heterocycles. The Balaban J connectivity index is 1.09. The van der Waals surface area contributed by atoms with Gasteiger partial charge in [-0.2, -0.15) is 0 Å². The summed E-state index contributed by atoms with van der Waals surface area (Å²) in [5, 5.41) is 5.90. The van der Waals surface area contributed by atoms with E-state index in [2.05, 4.69) is 205 Å². The molecular formula is C53H36N4. The number of aromatic nitrogens is 4. The highest BCUT2D eigenvalue weighted by Crippen LogP contribution is 2.51. The molecule has 0 fully saturated rings. The van der Waals surface area contributed by atoms with Crippen LogP contribution in [0.25, 0.3) is 99.7 Å². The molecule has 0 spiro atoms. The third kappa shape index (κ3) is 4.55.